The molecule has 3 aromatic carbocycles. The first-order chi connectivity index (χ1) is 20.8. The molecule has 0 saturated carbocycles. The van der Waals surface area contributed by atoms with Gasteiger partial charge in [-0.05, 0) is 65.7 Å². The van der Waals surface area contributed by atoms with Crippen molar-refractivity contribution in [3.05, 3.63) is 102 Å². The van der Waals surface area contributed by atoms with Crippen molar-refractivity contribution < 1.29 is 43.2 Å². The van der Waals surface area contributed by atoms with Crippen molar-refractivity contribution >= 4 is 27.3 Å². The summed E-state index contributed by atoms with van der Waals surface area (Å²) in [6, 6.07) is 19.3. The standard InChI is InChI=1S/C26H17F3N3.C11H20O2.Ir/c1-15-9-16(2)11-19(10-15)24-23-6-4-18-12-17(3-5-21(18)22(23)7-8-30-24)20-13-31-25(32-14-20)26(27,28)29;1-10(2,3)8(12)7-9(13)11(4,5)6;/h3-10,12-14H,1-2H3;7,12H,1-6H3;/q-1;;/p+1/b;8-7-;. The summed E-state index contributed by atoms with van der Waals surface area (Å²) in [4.78, 5) is 21.2. The van der Waals surface area contributed by atoms with E-state index < -0.39 is 12.0 Å². The fourth-order valence-electron chi connectivity index (χ4n) is 4.60. The minimum absolute atomic E-state index is 0. The minimum Gasteiger partial charge on any atom is -0.511 e. The largest absolute Gasteiger partial charge is 0.511 e. The van der Waals surface area contributed by atoms with Crippen LogP contribution in [0.2, 0.25) is 0 Å². The SMILES string of the molecule is CC(C)(C)C(=[OH+])/C=C(\O)C(C)(C)C.Cc1[c-]c(-c2nccc3c2ccc2cc(-c4cnc(C(F)(F)F)nc4)ccc23)cc(C)c1.[Ir]. The molecule has 2 heterocycles. The predicted octanol–water partition coefficient (Wildman–Crippen LogP) is 10.0. The number of aryl methyl sites for hydroxylation is 2. The van der Waals surface area contributed by atoms with E-state index in [2.05, 4.69) is 40.1 Å². The molecule has 243 valence electrons. The van der Waals surface area contributed by atoms with Crippen LogP contribution in [0.1, 0.15) is 58.5 Å². The number of ketones is 1. The molecular weight excluding hydrogens is 768 g/mol. The van der Waals surface area contributed by atoms with Crippen LogP contribution in [-0.2, 0) is 26.3 Å². The molecule has 0 aliphatic heterocycles. The van der Waals surface area contributed by atoms with E-state index in [-0.39, 0.29) is 42.5 Å². The molecule has 0 bridgehead atoms. The Kier molecular flexibility index (Phi) is 11.0. The molecule has 0 aliphatic rings. The maximum absolute atomic E-state index is 12.7. The topological polar surface area (TPSA) is 80.3 Å². The monoisotopic (exact) mass is 806 g/mol. The fraction of sp³-hybridized carbons (Fsp3) is 0.297. The average molecular weight is 806 g/mol. The Morgan fingerprint density at radius 2 is 1.41 bits per heavy atom. The summed E-state index contributed by atoms with van der Waals surface area (Å²) in [5.74, 6) is -0.726. The average Bonchev–Trinajstić information content (AvgIpc) is 2.95. The van der Waals surface area contributed by atoms with Crippen molar-refractivity contribution in [2.45, 2.75) is 61.6 Å². The third kappa shape index (κ3) is 8.65. The van der Waals surface area contributed by atoms with Gasteiger partial charge in [-0.25, -0.2) is 9.97 Å². The maximum Gasteiger partial charge on any atom is 0.451 e. The van der Waals surface area contributed by atoms with Gasteiger partial charge in [0, 0.05) is 49.7 Å². The number of alkyl halides is 3. The van der Waals surface area contributed by atoms with Crippen molar-refractivity contribution in [2.75, 3.05) is 0 Å². The van der Waals surface area contributed by atoms with E-state index in [1.54, 1.807) is 6.20 Å². The van der Waals surface area contributed by atoms with Gasteiger partial charge in [-0.3, -0.25) is 4.79 Å². The molecule has 1 radical (unpaired) electrons. The van der Waals surface area contributed by atoms with Gasteiger partial charge in [0.05, 0.1) is 11.5 Å². The molecule has 0 atom stereocenters. The molecule has 46 heavy (non-hydrogen) atoms. The molecule has 2 aromatic heterocycles. The van der Waals surface area contributed by atoms with Gasteiger partial charge in [0.25, 0.3) is 0 Å². The fourth-order valence-corrected chi connectivity index (χ4v) is 4.60. The van der Waals surface area contributed by atoms with Crippen molar-refractivity contribution in [2.24, 2.45) is 10.8 Å². The predicted molar refractivity (Wildman–Crippen MR) is 176 cm³/mol. The van der Waals surface area contributed by atoms with Crippen molar-refractivity contribution in [3.8, 4) is 22.4 Å². The van der Waals surface area contributed by atoms with E-state index in [0.29, 0.717) is 5.56 Å². The zero-order chi connectivity index (χ0) is 33.3. The second-order valence-corrected chi connectivity index (χ2v) is 13.2. The van der Waals surface area contributed by atoms with Crippen molar-refractivity contribution in [3.63, 3.8) is 0 Å². The number of aliphatic hydroxyl groups excluding tert-OH is 1. The number of nitrogens with zero attached hydrogens (tertiary/aromatic N) is 3. The summed E-state index contributed by atoms with van der Waals surface area (Å²) in [5.41, 5.74) is 4.70. The molecule has 2 N–H and O–H groups in total. The Morgan fingerprint density at radius 3 is 1.98 bits per heavy atom. The minimum atomic E-state index is -4.56. The molecule has 0 spiro atoms. The molecular formula is C37H38F3IrN3O2. The number of hydrogen-bond acceptors (Lipinski definition) is 4. The van der Waals surface area contributed by atoms with Crippen molar-refractivity contribution in [1.29, 1.82) is 0 Å². The first-order valence-electron chi connectivity index (χ1n) is 14.5. The normalized spacial score (nSPS) is 12.4. The molecule has 0 saturated heterocycles. The first-order valence-corrected chi connectivity index (χ1v) is 14.5. The summed E-state index contributed by atoms with van der Waals surface area (Å²) in [5, 5.41) is 13.7. The Morgan fingerprint density at radius 1 is 0.783 bits per heavy atom. The van der Waals surface area contributed by atoms with Crippen LogP contribution in [0, 0.1) is 30.7 Å². The second kappa shape index (κ2) is 13.8. The summed E-state index contributed by atoms with van der Waals surface area (Å²) in [6.45, 7) is 15.5. The van der Waals surface area contributed by atoms with Gasteiger partial charge in [-0.1, -0.05) is 58.9 Å². The second-order valence-electron chi connectivity index (χ2n) is 13.2. The Hall–Kier alpha value is -3.94. The number of fused-ring (bicyclic) bond motifs is 3. The molecule has 5 aromatic rings. The zero-order valence-corrected chi connectivity index (χ0v) is 29.5. The number of benzene rings is 3. The van der Waals surface area contributed by atoms with E-state index in [0.717, 1.165) is 49.5 Å². The van der Waals surface area contributed by atoms with Gasteiger partial charge in [0.1, 0.15) is 5.76 Å². The molecule has 9 heteroatoms. The number of carbonyl (C=O) groups excluding carboxylic acids is 1. The van der Waals surface area contributed by atoms with E-state index in [4.69, 9.17) is 0 Å². The van der Waals surface area contributed by atoms with E-state index >= 15 is 0 Å². The van der Waals surface area contributed by atoms with Crippen LogP contribution in [0.3, 0.4) is 0 Å². The van der Waals surface area contributed by atoms with Crippen molar-refractivity contribution in [1.82, 2.24) is 15.0 Å². The van der Waals surface area contributed by atoms with Crippen LogP contribution < -0.4 is 0 Å². The smallest absolute Gasteiger partial charge is 0.451 e. The number of hydrogen-bond donors (Lipinski definition) is 1. The summed E-state index contributed by atoms with van der Waals surface area (Å²) in [7, 11) is 0. The number of rotatable bonds is 3. The van der Waals surface area contributed by atoms with Crippen LogP contribution in [0.5, 0.6) is 0 Å². The number of pyridine rings is 1. The van der Waals surface area contributed by atoms with Crippen LogP contribution in [0.4, 0.5) is 13.2 Å². The molecule has 0 unspecified atom stereocenters. The Labute approximate surface area is 281 Å². The van der Waals surface area contributed by atoms with Gasteiger partial charge in [-0.2, -0.15) is 13.2 Å². The van der Waals surface area contributed by atoms with E-state index in [9.17, 15) is 23.1 Å². The quantitative estimate of drug-likeness (QED) is 0.0648. The maximum atomic E-state index is 12.7. The number of aliphatic hydroxyl groups is 1. The Balaban J connectivity index is 0.000000352. The third-order valence-corrected chi connectivity index (χ3v) is 7.21. The number of aromatic nitrogens is 3. The third-order valence-electron chi connectivity index (χ3n) is 7.21. The Bertz CT molecular complexity index is 1880. The molecule has 0 fully saturated rings. The number of allylic oxidation sites excluding steroid dienone is 2. The van der Waals surface area contributed by atoms with Crippen LogP contribution in [0.25, 0.3) is 43.9 Å². The van der Waals surface area contributed by atoms with Gasteiger partial charge in [0.15, 0.2) is 0 Å². The summed E-state index contributed by atoms with van der Waals surface area (Å²) < 4.78 is 38.2. The van der Waals surface area contributed by atoms with Gasteiger partial charge in [-0.15, -0.1) is 34.9 Å². The first kappa shape index (κ1) is 36.5. The molecule has 0 aliphatic carbocycles. The van der Waals surface area contributed by atoms with E-state index in [1.165, 1.54) is 18.5 Å². The van der Waals surface area contributed by atoms with E-state index in [1.807, 2.05) is 84.9 Å². The van der Waals surface area contributed by atoms with Crippen LogP contribution in [0.15, 0.2) is 79.0 Å². The molecule has 5 rings (SSSR count). The molecule has 5 nitrogen and oxygen atoms in total. The van der Waals surface area contributed by atoms with Gasteiger partial charge in [0.2, 0.25) is 5.82 Å². The zero-order valence-electron chi connectivity index (χ0n) is 27.1. The summed E-state index contributed by atoms with van der Waals surface area (Å²) in [6.07, 6.45) is 1.09. The van der Waals surface area contributed by atoms with Gasteiger partial charge >= 0.3 is 12.0 Å². The van der Waals surface area contributed by atoms with Crippen LogP contribution >= 0.6 is 0 Å². The van der Waals surface area contributed by atoms with Gasteiger partial charge < -0.3 is 10.1 Å². The number of halogens is 3. The van der Waals surface area contributed by atoms with Crippen LogP contribution in [-0.4, -0.2) is 30.6 Å². The molecule has 0 amide bonds. The summed E-state index contributed by atoms with van der Waals surface area (Å²) >= 11 is 0.